The quantitative estimate of drug-likeness (QED) is 0.381. The fourth-order valence-corrected chi connectivity index (χ4v) is 5.97. The zero-order valence-electron chi connectivity index (χ0n) is 17.0. The molecule has 10 heteroatoms. The van der Waals surface area contributed by atoms with Crippen molar-refractivity contribution in [2.75, 3.05) is 19.1 Å². The highest BCUT2D eigenvalue weighted by atomic mass is 35.5. The Morgan fingerprint density at radius 1 is 0.967 bits per heavy atom. The van der Waals surface area contributed by atoms with E-state index in [-0.39, 0.29) is 40.8 Å². The topological polar surface area (TPSA) is 87.1 Å². The molecule has 1 aliphatic rings. The predicted octanol–water partition coefficient (Wildman–Crippen LogP) is 2.98. The third-order valence-corrected chi connectivity index (χ3v) is 8.33. The summed E-state index contributed by atoms with van der Waals surface area (Å²) < 4.78 is 56.6. The molecule has 0 saturated carbocycles. The molecule has 0 unspecified atom stereocenters. The summed E-state index contributed by atoms with van der Waals surface area (Å²) in [5.41, 5.74) is 1.89. The van der Waals surface area contributed by atoms with Gasteiger partial charge in [-0.3, -0.25) is 0 Å². The summed E-state index contributed by atoms with van der Waals surface area (Å²) in [6.45, 7) is 5.74. The average molecular weight is 470 g/mol. The lowest BCUT2D eigenvalue weighted by atomic mass is 10.2. The van der Waals surface area contributed by atoms with Crippen molar-refractivity contribution in [2.24, 2.45) is 4.40 Å². The van der Waals surface area contributed by atoms with Crippen molar-refractivity contribution in [3.05, 3.63) is 59.7 Å². The van der Waals surface area contributed by atoms with Crippen LogP contribution < -0.4 is 0 Å². The van der Waals surface area contributed by atoms with Crippen LogP contribution in [0.25, 0.3) is 0 Å². The lowest BCUT2D eigenvalue weighted by Crippen LogP contribution is -2.37. The van der Waals surface area contributed by atoms with Gasteiger partial charge in [-0.15, -0.1) is 16.0 Å². The van der Waals surface area contributed by atoms with Crippen molar-refractivity contribution >= 4 is 37.5 Å². The van der Waals surface area contributed by atoms with Crippen LogP contribution in [0.4, 0.5) is 0 Å². The number of hydrogen-bond donors (Lipinski definition) is 0. The number of aryl methyl sites for hydroxylation is 2. The fraction of sp³-hybridized carbons (Fsp3) is 0.350. The lowest BCUT2D eigenvalue weighted by molar-refractivity contribution is 0.390. The molecule has 7 nitrogen and oxygen atoms in total. The predicted molar refractivity (Wildman–Crippen MR) is 118 cm³/mol. The summed E-state index contributed by atoms with van der Waals surface area (Å²) in [5.74, 6) is -0.0419. The van der Waals surface area contributed by atoms with Crippen molar-refractivity contribution in [2.45, 2.75) is 36.6 Å². The molecule has 1 fully saturated rings. The Bertz CT molecular complexity index is 1150. The molecule has 0 radical (unpaired) electrons. The van der Waals surface area contributed by atoms with Gasteiger partial charge in [0, 0.05) is 12.6 Å². The summed E-state index contributed by atoms with van der Waals surface area (Å²) in [6, 6.07) is 12.7. The Morgan fingerprint density at radius 3 is 1.97 bits per heavy atom. The summed E-state index contributed by atoms with van der Waals surface area (Å²) in [6.07, 6.45) is 0. The highest BCUT2D eigenvalue weighted by Gasteiger charge is 2.37. The van der Waals surface area contributed by atoms with E-state index in [0.29, 0.717) is 0 Å². The van der Waals surface area contributed by atoms with Crippen LogP contribution in [0.15, 0.2) is 62.7 Å². The Morgan fingerprint density at radius 2 is 1.47 bits per heavy atom. The molecule has 0 spiro atoms. The Hall–Kier alpha value is -1.94. The molecular formula is C20H24ClN3O4S2. The van der Waals surface area contributed by atoms with E-state index in [0.717, 1.165) is 11.1 Å². The van der Waals surface area contributed by atoms with Crippen molar-refractivity contribution < 1.29 is 16.8 Å². The average Bonchev–Trinajstić information content (AvgIpc) is 3.09. The third kappa shape index (κ3) is 4.69. The SMILES string of the molecule is Cc1ccc(S(=O)(=O)N=C(CCl)N2CN(S(=O)(=O)c3ccc(C)cc3)C[C@@H]2C)cc1. The van der Waals surface area contributed by atoms with E-state index < -0.39 is 20.0 Å². The van der Waals surface area contributed by atoms with Crippen molar-refractivity contribution in [1.29, 1.82) is 0 Å². The van der Waals surface area contributed by atoms with Gasteiger partial charge in [0.25, 0.3) is 10.0 Å². The molecule has 0 N–H and O–H groups in total. The Kier molecular flexibility index (Phi) is 6.57. The minimum Gasteiger partial charge on any atom is -0.340 e. The van der Waals surface area contributed by atoms with Gasteiger partial charge in [-0.05, 0) is 45.0 Å². The van der Waals surface area contributed by atoms with Crippen LogP contribution in [0.3, 0.4) is 0 Å². The van der Waals surface area contributed by atoms with Crippen LogP contribution in [0.5, 0.6) is 0 Å². The van der Waals surface area contributed by atoms with E-state index in [1.54, 1.807) is 41.3 Å². The number of nitrogens with zero attached hydrogens (tertiary/aromatic N) is 3. The van der Waals surface area contributed by atoms with Crippen LogP contribution >= 0.6 is 11.6 Å². The van der Waals surface area contributed by atoms with Crippen molar-refractivity contribution in [3.8, 4) is 0 Å². The molecule has 3 rings (SSSR count). The first-order chi connectivity index (χ1) is 14.0. The summed E-state index contributed by atoms with van der Waals surface area (Å²) >= 11 is 6.02. The molecule has 1 atom stereocenters. The van der Waals surface area contributed by atoms with Gasteiger partial charge < -0.3 is 4.90 Å². The number of sulfonamides is 2. The smallest absolute Gasteiger partial charge is 0.283 e. The number of alkyl halides is 1. The monoisotopic (exact) mass is 469 g/mol. The number of amidine groups is 1. The lowest BCUT2D eigenvalue weighted by Gasteiger charge is -2.23. The van der Waals surface area contributed by atoms with Gasteiger partial charge in [0.05, 0.1) is 22.3 Å². The van der Waals surface area contributed by atoms with E-state index in [9.17, 15) is 16.8 Å². The summed E-state index contributed by atoms with van der Waals surface area (Å²) in [5, 5.41) is 0. The number of hydrogen-bond acceptors (Lipinski definition) is 4. The second-order valence-corrected chi connectivity index (χ2v) is 11.2. The third-order valence-electron chi connectivity index (χ3n) is 4.96. The van der Waals surface area contributed by atoms with E-state index in [4.69, 9.17) is 11.6 Å². The first-order valence-electron chi connectivity index (χ1n) is 9.34. The molecule has 162 valence electrons. The zero-order valence-corrected chi connectivity index (χ0v) is 19.4. The summed E-state index contributed by atoms with van der Waals surface area (Å²) in [4.78, 5) is 1.87. The van der Waals surface area contributed by atoms with Gasteiger partial charge in [0.15, 0.2) is 0 Å². The number of rotatable bonds is 5. The van der Waals surface area contributed by atoms with Crippen LogP contribution in [0.1, 0.15) is 18.1 Å². The molecule has 2 aromatic rings. The maximum absolute atomic E-state index is 13.0. The van der Waals surface area contributed by atoms with Gasteiger partial charge >= 0.3 is 0 Å². The molecule has 1 heterocycles. The maximum Gasteiger partial charge on any atom is 0.283 e. The molecule has 0 aromatic heterocycles. The molecule has 2 aromatic carbocycles. The fourth-order valence-electron chi connectivity index (χ4n) is 3.19. The van der Waals surface area contributed by atoms with Gasteiger partial charge in [0.1, 0.15) is 5.84 Å². The molecule has 0 aliphatic carbocycles. The minimum atomic E-state index is -3.97. The second kappa shape index (κ2) is 8.66. The largest absolute Gasteiger partial charge is 0.340 e. The number of halogens is 1. The first-order valence-corrected chi connectivity index (χ1v) is 12.8. The second-order valence-electron chi connectivity index (χ2n) is 7.34. The number of benzene rings is 2. The van der Waals surface area contributed by atoms with E-state index in [1.165, 1.54) is 16.4 Å². The van der Waals surface area contributed by atoms with E-state index in [2.05, 4.69) is 4.40 Å². The van der Waals surface area contributed by atoms with Crippen LogP contribution in [-0.2, 0) is 20.0 Å². The van der Waals surface area contributed by atoms with Gasteiger partial charge in [-0.2, -0.15) is 12.7 Å². The Balaban J connectivity index is 1.88. The van der Waals surface area contributed by atoms with Gasteiger partial charge in [0.2, 0.25) is 10.0 Å². The Labute approximate surface area is 183 Å². The minimum absolute atomic E-state index is 0.0215. The van der Waals surface area contributed by atoms with Crippen LogP contribution in [-0.4, -0.2) is 57.0 Å². The van der Waals surface area contributed by atoms with Gasteiger partial charge in [-0.25, -0.2) is 8.42 Å². The molecule has 30 heavy (non-hydrogen) atoms. The molecule has 1 aliphatic heterocycles. The standard InChI is InChI=1S/C20H24ClN3O4S2/c1-15-4-8-18(9-5-15)29(25,26)22-20(12-21)24-14-23(13-17(24)3)30(27,28)19-10-6-16(2)7-11-19/h4-11,17H,12-14H2,1-3H3/t17-/m0/s1. The molecule has 0 bridgehead atoms. The molecule has 1 saturated heterocycles. The van der Waals surface area contributed by atoms with Crippen molar-refractivity contribution in [1.82, 2.24) is 9.21 Å². The normalized spacial score (nSPS) is 18.7. The van der Waals surface area contributed by atoms with E-state index in [1.807, 2.05) is 20.8 Å². The summed E-state index contributed by atoms with van der Waals surface area (Å²) in [7, 11) is -7.68. The van der Waals surface area contributed by atoms with Crippen LogP contribution in [0.2, 0.25) is 0 Å². The molecular weight excluding hydrogens is 446 g/mol. The maximum atomic E-state index is 13.0. The highest BCUT2D eigenvalue weighted by molar-refractivity contribution is 7.90. The molecule has 0 amide bonds. The zero-order chi connectivity index (χ0) is 22.1. The van der Waals surface area contributed by atoms with Crippen molar-refractivity contribution in [3.63, 3.8) is 0 Å². The highest BCUT2D eigenvalue weighted by Crippen LogP contribution is 2.24. The first kappa shape index (κ1) is 22.7. The van der Waals surface area contributed by atoms with E-state index >= 15 is 0 Å². The van der Waals surface area contributed by atoms with Crippen LogP contribution in [0, 0.1) is 13.8 Å². The van der Waals surface area contributed by atoms with Gasteiger partial charge in [-0.1, -0.05) is 35.4 Å².